The second kappa shape index (κ2) is 4.94. The van der Waals surface area contributed by atoms with E-state index in [0.717, 1.165) is 21.2 Å². The number of hydrogen-bond acceptors (Lipinski definition) is 1. The summed E-state index contributed by atoms with van der Waals surface area (Å²) in [5, 5.41) is 0.685. The highest BCUT2D eigenvalue weighted by atomic mass is 79.9. The molecule has 0 aliphatic rings. The molecule has 94 valence electrons. The van der Waals surface area contributed by atoms with Gasteiger partial charge in [-0.15, -0.1) is 0 Å². The molecule has 0 amide bonds. The van der Waals surface area contributed by atoms with E-state index in [0.29, 0.717) is 9.86 Å². The molecule has 0 fully saturated rings. The van der Waals surface area contributed by atoms with E-state index in [9.17, 15) is 4.79 Å². The molecule has 0 bridgehead atoms. The summed E-state index contributed by atoms with van der Waals surface area (Å²) in [4.78, 5) is 15.7. The van der Waals surface area contributed by atoms with Crippen molar-refractivity contribution in [2.75, 3.05) is 0 Å². The molecular formula is C15H9Br2NO. The largest absolute Gasteiger partial charge is 0.353 e. The maximum absolute atomic E-state index is 12.4. The van der Waals surface area contributed by atoms with Gasteiger partial charge in [-0.1, -0.05) is 46.3 Å². The Morgan fingerprint density at radius 2 is 1.58 bits per heavy atom. The van der Waals surface area contributed by atoms with Crippen molar-refractivity contribution in [3.8, 4) is 11.3 Å². The molecule has 2 nitrogen and oxygen atoms in total. The maximum atomic E-state index is 12.4. The highest BCUT2D eigenvalue weighted by Crippen LogP contribution is 2.31. The number of aromatic nitrogens is 1. The van der Waals surface area contributed by atoms with E-state index in [-0.39, 0.29) is 5.43 Å². The average Bonchev–Trinajstić information content (AvgIpc) is 2.44. The summed E-state index contributed by atoms with van der Waals surface area (Å²) in [6.07, 6.45) is 0. The SMILES string of the molecule is O=c1c(Br)c(-c2ccccc2Br)[nH]c2ccccc12. The van der Waals surface area contributed by atoms with Crippen LogP contribution in [0.2, 0.25) is 0 Å². The Kier molecular flexibility index (Phi) is 3.29. The Morgan fingerprint density at radius 3 is 2.37 bits per heavy atom. The first-order chi connectivity index (χ1) is 9.18. The van der Waals surface area contributed by atoms with Gasteiger partial charge in [0, 0.05) is 20.9 Å². The summed E-state index contributed by atoms with van der Waals surface area (Å²) in [5.74, 6) is 0. The number of hydrogen-bond donors (Lipinski definition) is 1. The summed E-state index contributed by atoms with van der Waals surface area (Å²) in [5.41, 5.74) is 2.58. The van der Waals surface area contributed by atoms with Crippen LogP contribution in [0.1, 0.15) is 0 Å². The fourth-order valence-electron chi connectivity index (χ4n) is 2.06. The minimum atomic E-state index is 0.0000954. The standard InChI is InChI=1S/C15H9Br2NO/c16-11-7-3-1-5-9(11)14-13(17)15(19)10-6-2-4-8-12(10)18-14/h1-8H,(H,18,19). The van der Waals surface area contributed by atoms with E-state index >= 15 is 0 Å². The number of rotatable bonds is 1. The van der Waals surface area contributed by atoms with Crippen LogP contribution in [0.15, 0.2) is 62.3 Å². The van der Waals surface area contributed by atoms with Crippen LogP contribution in [0.4, 0.5) is 0 Å². The van der Waals surface area contributed by atoms with Crippen LogP contribution in [0.5, 0.6) is 0 Å². The van der Waals surface area contributed by atoms with Gasteiger partial charge in [0.2, 0.25) is 5.43 Å². The Labute approximate surface area is 126 Å². The van der Waals surface area contributed by atoms with Crippen LogP contribution in [0, 0.1) is 0 Å². The third kappa shape index (κ3) is 2.15. The van der Waals surface area contributed by atoms with E-state index in [1.807, 2.05) is 48.5 Å². The molecule has 0 atom stereocenters. The molecule has 1 N–H and O–H groups in total. The van der Waals surface area contributed by atoms with E-state index in [4.69, 9.17) is 0 Å². The molecule has 0 spiro atoms. The minimum absolute atomic E-state index is 0.0000954. The van der Waals surface area contributed by atoms with Gasteiger partial charge in [0.1, 0.15) is 0 Å². The average molecular weight is 379 g/mol. The van der Waals surface area contributed by atoms with Gasteiger partial charge < -0.3 is 4.98 Å². The second-order valence-electron chi connectivity index (χ2n) is 4.17. The van der Waals surface area contributed by atoms with Crippen molar-refractivity contribution in [3.63, 3.8) is 0 Å². The number of benzene rings is 2. The Balaban J connectivity index is 2.40. The van der Waals surface area contributed by atoms with Crippen LogP contribution >= 0.6 is 31.9 Å². The van der Waals surface area contributed by atoms with Gasteiger partial charge in [-0.3, -0.25) is 4.79 Å². The van der Waals surface area contributed by atoms with Crippen molar-refractivity contribution < 1.29 is 0 Å². The number of para-hydroxylation sites is 1. The zero-order valence-corrected chi connectivity index (χ0v) is 13.0. The first kappa shape index (κ1) is 12.6. The van der Waals surface area contributed by atoms with Crippen LogP contribution in [-0.4, -0.2) is 4.98 Å². The van der Waals surface area contributed by atoms with Crippen molar-refractivity contribution >= 4 is 42.8 Å². The van der Waals surface area contributed by atoms with E-state index < -0.39 is 0 Å². The number of fused-ring (bicyclic) bond motifs is 1. The zero-order valence-electron chi connectivity index (χ0n) is 9.78. The number of halogens is 2. The number of H-pyrrole nitrogens is 1. The third-order valence-corrected chi connectivity index (χ3v) is 4.44. The van der Waals surface area contributed by atoms with Crippen molar-refractivity contribution in [3.05, 3.63) is 67.7 Å². The molecule has 0 aliphatic carbocycles. The summed E-state index contributed by atoms with van der Waals surface area (Å²) < 4.78 is 1.50. The molecular weight excluding hydrogens is 370 g/mol. The van der Waals surface area contributed by atoms with Crippen molar-refractivity contribution in [2.24, 2.45) is 0 Å². The van der Waals surface area contributed by atoms with Gasteiger partial charge in [0.05, 0.1) is 10.2 Å². The smallest absolute Gasteiger partial charge is 0.204 e. The summed E-state index contributed by atoms with van der Waals surface area (Å²) >= 11 is 6.92. The van der Waals surface area contributed by atoms with Gasteiger partial charge in [-0.25, -0.2) is 0 Å². The lowest BCUT2D eigenvalue weighted by atomic mass is 10.1. The lowest BCUT2D eigenvalue weighted by Gasteiger charge is -2.09. The zero-order chi connectivity index (χ0) is 13.4. The quantitative estimate of drug-likeness (QED) is 0.652. The molecule has 1 aromatic heterocycles. The van der Waals surface area contributed by atoms with Crippen molar-refractivity contribution in [1.29, 1.82) is 0 Å². The second-order valence-corrected chi connectivity index (χ2v) is 5.82. The van der Waals surface area contributed by atoms with Gasteiger partial charge in [-0.2, -0.15) is 0 Å². The normalized spacial score (nSPS) is 10.8. The Morgan fingerprint density at radius 1 is 0.895 bits per heavy atom. The highest BCUT2D eigenvalue weighted by Gasteiger charge is 2.12. The summed E-state index contributed by atoms with van der Waals surface area (Å²) in [6, 6.07) is 15.3. The molecule has 0 saturated heterocycles. The molecule has 0 radical (unpaired) electrons. The van der Waals surface area contributed by atoms with Crippen LogP contribution in [0.25, 0.3) is 22.2 Å². The molecule has 0 saturated carbocycles. The Hall–Kier alpha value is -1.39. The predicted octanol–water partition coefficient (Wildman–Crippen LogP) is 4.72. The van der Waals surface area contributed by atoms with E-state index in [1.54, 1.807) is 0 Å². The lowest BCUT2D eigenvalue weighted by Crippen LogP contribution is -2.06. The van der Waals surface area contributed by atoms with Crippen LogP contribution in [0.3, 0.4) is 0 Å². The molecule has 19 heavy (non-hydrogen) atoms. The first-order valence-electron chi connectivity index (χ1n) is 5.74. The topological polar surface area (TPSA) is 32.9 Å². The molecule has 0 aliphatic heterocycles. The highest BCUT2D eigenvalue weighted by molar-refractivity contribution is 9.11. The summed E-state index contributed by atoms with van der Waals surface area (Å²) in [7, 11) is 0. The Bertz CT molecular complexity index is 824. The van der Waals surface area contributed by atoms with Gasteiger partial charge in [0.15, 0.2) is 0 Å². The number of aromatic amines is 1. The van der Waals surface area contributed by atoms with Crippen LogP contribution < -0.4 is 5.43 Å². The van der Waals surface area contributed by atoms with Gasteiger partial charge in [-0.05, 0) is 34.1 Å². The molecule has 3 rings (SSSR count). The molecule has 4 heteroatoms. The third-order valence-electron chi connectivity index (χ3n) is 2.99. The van der Waals surface area contributed by atoms with E-state index in [1.165, 1.54) is 0 Å². The van der Waals surface area contributed by atoms with Crippen molar-refractivity contribution in [2.45, 2.75) is 0 Å². The first-order valence-corrected chi connectivity index (χ1v) is 7.32. The number of pyridine rings is 1. The summed E-state index contributed by atoms with van der Waals surface area (Å²) in [6.45, 7) is 0. The van der Waals surface area contributed by atoms with Gasteiger partial charge >= 0.3 is 0 Å². The van der Waals surface area contributed by atoms with Crippen LogP contribution in [-0.2, 0) is 0 Å². The molecule has 1 heterocycles. The fraction of sp³-hybridized carbons (Fsp3) is 0. The minimum Gasteiger partial charge on any atom is -0.353 e. The van der Waals surface area contributed by atoms with E-state index in [2.05, 4.69) is 36.8 Å². The predicted molar refractivity (Wildman–Crippen MR) is 85.4 cm³/mol. The molecule has 0 unspecified atom stereocenters. The number of nitrogens with one attached hydrogen (secondary N) is 1. The lowest BCUT2D eigenvalue weighted by molar-refractivity contribution is 1.35. The maximum Gasteiger partial charge on any atom is 0.204 e. The molecule has 2 aromatic carbocycles. The fourth-order valence-corrected chi connectivity index (χ4v) is 3.07. The monoisotopic (exact) mass is 377 g/mol. The van der Waals surface area contributed by atoms with Gasteiger partial charge in [0.25, 0.3) is 0 Å². The molecule has 3 aromatic rings. The van der Waals surface area contributed by atoms with Crippen molar-refractivity contribution in [1.82, 2.24) is 4.98 Å².